The van der Waals surface area contributed by atoms with Crippen LogP contribution in [0.25, 0.3) is 0 Å². The van der Waals surface area contributed by atoms with Gasteiger partial charge in [0.05, 0.1) is 0 Å². The van der Waals surface area contributed by atoms with Crippen LogP contribution in [0.5, 0.6) is 0 Å². The van der Waals surface area contributed by atoms with E-state index in [1.54, 1.807) is 11.3 Å². The van der Waals surface area contributed by atoms with Crippen molar-refractivity contribution in [3.8, 4) is 0 Å². The van der Waals surface area contributed by atoms with Crippen molar-refractivity contribution in [2.24, 2.45) is 5.92 Å². The molecule has 2 N–H and O–H groups in total. The smallest absolute Gasteiger partial charge is 0.407 e. The highest BCUT2D eigenvalue weighted by Gasteiger charge is 2.22. The van der Waals surface area contributed by atoms with Gasteiger partial charge in [-0.15, -0.1) is 11.3 Å². The SMILES string of the molecule is CCC(NCC(NC(=O)OC(C)(C)C)C(C)C)c1cccs1. The Morgan fingerprint density at radius 2 is 2.05 bits per heavy atom. The van der Waals surface area contributed by atoms with Crippen LogP contribution in [0, 0.1) is 5.92 Å². The number of hydrogen-bond donors (Lipinski definition) is 2. The third kappa shape index (κ3) is 6.79. The number of carbonyl (C=O) groups excluding carboxylic acids is 1. The molecule has 22 heavy (non-hydrogen) atoms. The van der Waals surface area contributed by atoms with Crippen molar-refractivity contribution in [2.75, 3.05) is 6.54 Å². The summed E-state index contributed by atoms with van der Waals surface area (Å²) in [6, 6.07) is 4.60. The number of hydrogen-bond acceptors (Lipinski definition) is 4. The highest BCUT2D eigenvalue weighted by molar-refractivity contribution is 7.10. The first kappa shape index (κ1) is 19.0. The van der Waals surface area contributed by atoms with Gasteiger partial charge in [0.1, 0.15) is 5.60 Å². The molecule has 0 spiro atoms. The van der Waals surface area contributed by atoms with Gasteiger partial charge in [-0.3, -0.25) is 0 Å². The fourth-order valence-electron chi connectivity index (χ4n) is 2.12. The van der Waals surface area contributed by atoms with Crippen molar-refractivity contribution in [3.63, 3.8) is 0 Å². The van der Waals surface area contributed by atoms with Gasteiger partial charge in [0.2, 0.25) is 0 Å². The second kappa shape index (κ2) is 8.53. The molecule has 0 aromatic carbocycles. The second-order valence-corrected chi connectivity index (χ2v) is 7.86. The number of rotatable bonds is 7. The topological polar surface area (TPSA) is 50.4 Å². The lowest BCUT2D eigenvalue weighted by atomic mass is 10.0. The molecule has 1 rings (SSSR count). The molecule has 0 saturated heterocycles. The van der Waals surface area contributed by atoms with Gasteiger partial charge in [-0.25, -0.2) is 4.79 Å². The number of ether oxygens (including phenoxy) is 1. The fraction of sp³-hybridized carbons (Fsp3) is 0.706. The van der Waals surface area contributed by atoms with Crippen LogP contribution in [0.2, 0.25) is 0 Å². The quantitative estimate of drug-likeness (QED) is 0.784. The summed E-state index contributed by atoms with van der Waals surface area (Å²) in [5.74, 6) is 0.334. The van der Waals surface area contributed by atoms with E-state index in [4.69, 9.17) is 4.74 Å². The van der Waals surface area contributed by atoms with E-state index < -0.39 is 5.60 Å². The van der Waals surface area contributed by atoms with E-state index in [-0.39, 0.29) is 12.1 Å². The van der Waals surface area contributed by atoms with Crippen molar-refractivity contribution >= 4 is 17.4 Å². The van der Waals surface area contributed by atoms with Gasteiger partial charge in [-0.05, 0) is 44.6 Å². The van der Waals surface area contributed by atoms with Crippen LogP contribution in [-0.4, -0.2) is 24.3 Å². The van der Waals surface area contributed by atoms with E-state index in [9.17, 15) is 4.79 Å². The van der Waals surface area contributed by atoms with Crippen LogP contribution >= 0.6 is 11.3 Å². The van der Waals surface area contributed by atoms with Crippen molar-refractivity contribution in [1.29, 1.82) is 0 Å². The zero-order valence-corrected chi connectivity index (χ0v) is 15.4. The minimum absolute atomic E-state index is 0.0452. The molecule has 1 heterocycles. The van der Waals surface area contributed by atoms with Crippen molar-refractivity contribution < 1.29 is 9.53 Å². The van der Waals surface area contributed by atoms with E-state index in [2.05, 4.69) is 48.9 Å². The Morgan fingerprint density at radius 1 is 1.36 bits per heavy atom. The molecule has 1 amide bonds. The zero-order chi connectivity index (χ0) is 16.8. The molecule has 5 heteroatoms. The van der Waals surface area contributed by atoms with Gasteiger partial charge < -0.3 is 15.4 Å². The van der Waals surface area contributed by atoms with Gasteiger partial charge in [0, 0.05) is 23.5 Å². The van der Waals surface area contributed by atoms with E-state index in [0.717, 1.165) is 13.0 Å². The summed E-state index contributed by atoms with van der Waals surface area (Å²) in [7, 11) is 0. The van der Waals surface area contributed by atoms with Crippen LogP contribution < -0.4 is 10.6 Å². The first-order chi connectivity index (χ1) is 10.2. The lowest BCUT2D eigenvalue weighted by molar-refractivity contribution is 0.0489. The first-order valence-electron chi connectivity index (χ1n) is 7.99. The summed E-state index contributed by atoms with van der Waals surface area (Å²) in [5, 5.41) is 8.63. The predicted octanol–water partition coefficient (Wildman–Crippen LogP) is 4.34. The number of nitrogens with one attached hydrogen (secondary N) is 2. The van der Waals surface area contributed by atoms with E-state index in [1.165, 1.54) is 4.88 Å². The molecule has 2 unspecified atom stereocenters. The average molecular weight is 327 g/mol. The minimum atomic E-state index is -0.470. The molecule has 0 saturated carbocycles. The molecule has 2 atom stereocenters. The van der Waals surface area contributed by atoms with Gasteiger partial charge in [-0.1, -0.05) is 26.8 Å². The van der Waals surface area contributed by atoms with Gasteiger partial charge in [-0.2, -0.15) is 0 Å². The Balaban J connectivity index is 2.55. The Hall–Kier alpha value is -1.07. The third-order valence-electron chi connectivity index (χ3n) is 3.39. The van der Waals surface area contributed by atoms with Crippen LogP contribution in [0.15, 0.2) is 17.5 Å². The van der Waals surface area contributed by atoms with Crippen molar-refractivity contribution in [2.45, 2.75) is 65.6 Å². The van der Waals surface area contributed by atoms with Crippen LogP contribution in [0.3, 0.4) is 0 Å². The standard InChI is InChI=1S/C17H30N2O2S/c1-7-13(15-9-8-10-22-15)18-11-14(12(2)3)19-16(20)21-17(4,5)6/h8-10,12-14,18H,7,11H2,1-6H3,(H,19,20). The average Bonchev–Trinajstić information content (AvgIpc) is 2.89. The first-order valence-corrected chi connectivity index (χ1v) is 8.87. The van der Waals surface area contributed by atoms with Crippen LogP contribution in [-0.2, 0) is 4.74 Å². The van der Waals surface area contributed by atoms with Crippen molar-refractivity contribution in [1.82, 2.24) is 10.6 Å². The molecule has 1 aromatic heterocycles. The molecule has 0 aliphatic heterocycles. The lowest BCUT2D eigenvalue weighted by Crippen LogP contribution is -2.47. The molecular formula is C17H30N2O2S. The van der Waals surface area contributed by atoms with E-state index in [0.29, 0.717) is 12.0 Å². The zero-order valence-electron chi connectivity index (χ0n) is 14.6. The maximum Gasteiger partial charge on any atom is 0.407 e. The van der Waals surface area contributed by atoms with Gasteiger partial charge >= 0.3 is 6.09 Å². The monoisotopic (exact) mass is 326 g/mol. The molecule has 0 aliphatic rings. The summed E-state index contributed by atoms with van der Waals surface area (Å²) >= 11 is 1.76. The lowest BCUT2D eigenvalue weighted by Gasteiger charge is -2.27. The van der Waals surface area contributed by atoms with Crippen LogP contribution in [0.4, 0.5) is 4.79 Å². The summed E-state index contributed by atoms with van der Waals surface area (Å²) in [4.78, 5) is 13.3. The highest BCUT2D eigenvalue weighted by atomic mass is 32.1. The van der Waals surface area contributed by atoms with Gasteiger partial charge in [0.15, 0.2) is 0 Å². The third-order valence-corrected chi connectivity index (χ3v) is 4.37. The number of carbonyl (C=O) groups is 1. The molecule has 126 valence electrons. The molecular weight excluding hydrogens is 296 g/mol. The van der Waals surface area contributed by atoms with E-state index in [1.807, 2.05) is 20.8 Å². The summed E-state index contributed by atoms with van der Waals surface area (Å²) in [6.45, 7) is 12.7. The maximum atomic E-state index is 12.0. The number of alkyl carbamates (subject to hydrolysis) is 1. The summed E-state index contributed by atoms with van der Waals surface area (Å²) in [6.07, 6.45) is 0.676. The molecule has 0 aliphatic carbocycles. The minimum Gasteiger partial charge on any atom is -0.444 e. The molecule has 0 radical (unpaired) electrons. The van der Waals surface area contributed by atoms with Gasteiger partial charge in [0.25, 0.3) is 0 Å². The molecule has 4 nitrogen and oxygen atoms in total. The number of amides is 1. The largest absolute Gasteiger partial charge is 0.444 e. The molecule has 0 fully saturated rings. The van der Waals surface area contributed by atoms with Crippen molar-refractivity contribution in [3.05, 3.63) is 22.4 Å². The Labute approximate surface area is 138 Å². The number of thiophene rings is 1. The molecule has 1 aromatic rings. The predicted molar refractivity (Wildman–Crippen MR) is 93.3 cm³/mol. The highest BCUT2D eigenvalue weighted by Crippen LogP contribution is 2.21. The fourth-order valence-corrected chi connectivity index (χ4v) is 3.00. The second-order valence-electron chi connectivity index (χ2n) is 6.88. The molecule has 0 bridgehead atoms. The Morgan fingerprint density at radius 3 is 2.50 bits per heavy atom. The summed E-state index contributed by atoms with van der Waals surface area (Å²) in [5.41, 5.74) is -0.470. The Kier molecular flexibility index (Phi) is 7.36. The van der Waals surface area contributed by atoms with Crippen LogP contribution in [0.1, 0.15) is 58.9 Å². The van der Waals surface area contributed by atoms with E-state index >= 15 is 0 Å². The Bertz CT molecular complexity index is 438. The maximum absolute atomic E-state index is 12.0. The summed E-state index contributed by atoms with van der Waals surface area (Å²) < 4.78 is 5.35. The normalized spacial score (nSPS) is 14.7.